The Morgan fingerprint density at radius 2 is 2.37 bits per heavy atom. The van der Waals surface area contributed by atoms with Crippen LogP contribution in [0, 0.1) is 0 Å². The maximum absolute atomic E-state index is 11.8. The molecular weight excluding hydrogens is 268 g/mol. The van der Waals surface area contributed by atoms with Gasteiger partial charge >= 0.3 is 6.09 Å². The zero-order valence-electron chi connectivity index (χ0n) is 10.6. The van der Waals surface area contributed by atoms with Crippen LogP contribution < -0.4 is 10.2 Å². The molecule has 1 aliphatic rings. The Labute approximate surface area is 116 Å². The number of rotatable bonds is 4. The molecule has 1 aromatic rings. The molecule has 0 radical (unpaired) electrons. The molecule has 0 spiro atoms. The van der Waals surface area contributed by atoms with E-state index in [1.165, 1.54) is 4.90 Å². The largest absolute Gasteiger partial charge is 0.442 e. The maximum atomic E-state index is 11.8. The summed E-state index contributed by atoms with van der Waals surface area (Å²) >= 11 is 5.89. The number of hydrogen-bond donors (Lipinski definition) is 1. The highest BCUT2D eigenvalue weighted by atomic mass is 35.5. The van der Waals surface area contributed by atoms with Gasteiger partial charge in [0.1, 0.15) is 6.10 Å². The SMILES string of the molecule is CCC(=O)NCC1CN(c2cccc(Cl)c2)C(=O)O1. The predicted molar refractivity (Wildman–Crippen MR) is 72.4 cm³/mol. The quantitative estimate of drug-likeness (QED) is 0.921. The van der Waals surface area contributed by atoms with Gasteiger partial charge < -0.3 is 10.1 Å². The molecule has 2 amide bonds. The molecule has 1 N–H and O–H groups in total. The fourth-order valence-corrected chi connectivity index (χ4v) is 2.02. The number of benzene rings is 1. The summed E-state index contributed by atoms with van der Waals surface area (Å²) in [4.78, 5) is 24.4. The molecule has 0 aromatic heterocycles. The average Bonchev–Trinajstić information content (AvgIpc) is 2.77. The smallest absolute Gasteiger partial charge is 0.414 e. The van der Waals surface area contributed by atoms with Crippen LogP contribution >= 0.6 is 11.6 Å². The molecule has 1 unspecified atom stereocenters. The van der Waals surface area contributed by atoms with Crippen molar-refractivity contribution in [1.82, 2.24) is 5.32 Å². The molecule has 1 aromatic carbocycles. The van der Waals surface area contributed by atoms with E-state index in [9.17, 15) is 9.59 Å². The van der Waals surface area contributed by atoms with Crippen LogP contribution in [0.2, 0.25) is 5.02 Å². The summed E-state index contributed by atoms with van der Waals surface area (Å²) in [6.45, 7) is 2.51. The summed E-state index contributed by atoms with van der Waals surface area (Å²) in [5.41, 5.74) is 0.696. The number of carbonyl (C=O) groups is 2. The number of nitrogens with zero attached hydrogens (tertiary/aromatic N) is 1. The van der Waals surface area contributed by atoms with Crippen molar-refractivity contribution in [2.75, 3.05) is 18.0 Å². The standard InChI is InChI=1S/C13H15ClN2O3/c1-2-12(17)15-7-11-8-16(13(18)19-11)10-5-3-4-9(14)6-10/h3-6,11H,2,7-8H2,1H3,(H,15,17). The predicted octanol–water partition coefficient (Wildman–Crippen LogP) is 2.19. The van der Waals surface area contributed by atoms with Gasteiger partial charge in [-0.3, -0.25) is 9.69 Å². The third kappa shape index (κ3) is 3.38. The van der Waals surface area contributed by atoms with Crippen molar-refractivity contribution in [2.45, 2.75) is 19.4 Å². The van der Waals surface area contributed by atoms with E-state index < -0.39 is 6.09 Å². The van der Waals surface area contributed by atoms with Gasteiger partial charge in [-0.25, -0.2) is 4.79 Å². The second kappa shape index (κ2) is 5.93. The molecule has 0 aliphatic carbocycles. The lowest BCUT2D eigenvalue weighted by Gasteiger charge is -2.13. The summed E-state index contributed by atoms with van der Waals surface area (Å²) in [5.74, 6) is -0.0581. The molecule has 102 valence electrons. The van der Waals surface area contributed by atoms with Crippen molar-refractivity contribution < 1.29 is 14.3 Å². The van der Waals surface area contributed by atoms with Gasteiger partial charge in [0.2, 0.25) is 5.91 Å². The first-order valence-corrected chi connectivity index (χ1v) is 6.48. The lowest BCUT2D eigenvalue weighted by molar-refractivity contribution is -0.121. The first-order chi connectivity index (χ1) is 9.10. The minimum absolute atomic E-state index is 0.0581. The molecule has 19 heavy (non-hydrogen) atoms. The number of cyclic esters (lactones) is 1. The van der Waals surface area contributed by atoms with Crippen LogP contribution in [0.4, 0.5) is 10.5 Å². The Kier molecular flexibility index (Phi) is 4.27. The lowest BCUT2D eigenvalue weighted by Crippen LogP contribution is -2.34. The molecule has 1 aliphatic heterocycles. The van der Waals surface area contributed by atoms with E-state index in [2.05, 4.69) is 5.32 Å². The Morgan fingerprint density at radius 1 is 1.58 bits per heavy atom. The molecule has 1 atom stereocenters. The van der Waals surface area contributed by atoms with Crippen molar-refractivity contribution in [2.24, 2.45) is 0 Å². The number of ether oxygens (including phenoxy) is 1. The zero-order chi connectivity index (χ0) is 13.8. The van der Waals surface area contributed by atoms with E-state index in [4.69, 9.17) is 16.3 Å². The van der Waals surface area contributed by atoms with Crippen LogP contribution in [0.25, 0.3) is 0 Å². The minimum atomic E-state index is -0.419. The molecule has 1 fully saturated rings. The molecule has 0 saturated carbocycles. The average molecular weight is 283 g/mol. The van der Waals surface area contributed by atoms with Gasteiger partial charge in [0.05, 0.1) is 13.1 Å². The molecule has 2 rings (SSSR count). The van der Waals surface area contributed by atoms with E-state index in [0.717, 1.165) is 0 Å². The van der Waals surface area contributed by atoms with E-state index in [1.807, 2.05) is 0 Å². The van der Waals surface area contributed by atoms with Crippen molar-refractivity contribution in [1.29, 1.82) is 0 Å². The second-order valence-corrected chi connectivity index (χ2v) is 4.69. The summed E-state index contributed by atoms with van der Waals surface area (Å²) in [5, 5.41) is 3.27. The van der Waals surface area contributed by atoms with Crippen molar-refractivity contribution in [3.05, 3.63) is 29.3 Å². The van der Waals surface area contributed by atoms with Gasteiger partial charge in [0, 0.05) is 17.1 Å². The fraction of sp³-hybridized carbons (Fsp3) is 0.385. The van der Waals surface area contributed by atoms with Gasteiger partial charge in [-0.1, -0.05) is 24.6 Å². The minimum Gasteiger partial charge on any atom is -0.442 e. The van der Waals surface area contributed by atoms with Crippen LogP contribution in [-0.2, 0) is 9.53 Å². The number of anilines is 1. The molecular formula is C13H15ClN2O3. The van der Waals surface area contributed by atoms with Crippen LogP contribution in [0.1, 0.15) is 13.3 Å². The highest BCUT2D eigenvalue weighted by Crippen LogP contribution is 2.24. The highest BCUT2D eigenvalue weighted by molar-refractivity contribution is 6.30. The zero-order valence-corrected chi connectivity index (χ0v) is 11.3. The van der Waals surface area contributed by atoms with Crippen LogP contribution in [0.5, 0.6) is 0 Å². The van der Waals surface area contributed by atoms with E-state index in [-0.39, 0.29) is 12.0 Å². The van der Waals surface area contributed by atoms with Gasteiger partial charge in [0.15, 0.2) is 0 Å². The third-order valence-electron chi connectivity index (χ3n) is 2.84. The van der Waals surface area contributed by atoms with Crippen molar-refractivity contribution >= 4 is 29.3 Å². The first kappa shape index (κ1) is 13.7. The van der Waals surface area contributed by atoms with E-state index in [1.54, 1.807) is 31.2 Å². The number of carbonyl (C=O) groups excluding carboxylic acids is 2. The monoisotopic (exact) mass is 282 g/mol. The summed E-state index contributed by atoms with van der Waals surface area (Å²) < 4.78 is 5.19. The summed E-state index contributed by atoms with van der Waals surface area (Å²) in [6, 6.07) is 7.01. The number of amides is 2. The number of halogens is 1. The van der Waals surface area contributed by atoms with E-state index >= 15 is 0 Å². The van der Waals surface area contributed by atoms with E-state index in [0.29, 0.717) is 30.2 Å². The topological polar surface area (TPSA) is 58.6 Å². The summed E-state index contributed by atoms with van der Waals surface area (Å²) in [7, 11) is 0. The molecule has 0 bridgehead atoms. The molecule has 6 heteroatoms. The normalized spacial score (nSPS) is 18.3. The van der Waals surface area contributed by atoms with Crippen LogP contribution in [0.3, 0.4) is 0 Å². The van der Waals surface area contributed by atoms with Crippen LogP contribution in [-0.4, -0.2) is 31.2 Å². The first-order valence-electron chi connectivity index (χ1n) is 6.10. The Morgan fingerprint density at radius 3 is 3.05 bits per heavy atom. The Hall–Kier alpha value is -1.75. The van der Waals surface area contributed by atoms with Crippen molar-refractivity contribution in [3.8, 4) is 0 Å². The molecule has 1 heterocycles. The molecule has 5 nitrogen and oxygen atoms in total. The van der Waals surface area contributed by atoms with Gasteiger partial charge in [-0.05, 0) is 18.2 Å². The number of hydrogen-bond acceptors (Lipinski definition) is 3. The second-order valence-electron chi connectivity index (χ2n) is 4.25. The Bertz CT molecular complexity index is 493. The summed E-state index contributed by atoms with van der Waals surface area (Å²) in [6.07, 6.45) is -0.335. The fourth-order valence-electron chi connectivity index (χ4n) is 1.84. The van der Waals surface area contributed by atoms with Gasteiger partial charge in [-0.2, -0.15) is 0 Å². The lowest BCUT2D eigenvalue weighted by atomic mass is 10.2. The number of nitrogens with one attached hydrogen (secondary N) is 1. The highest BCUT2D eigenvalue weighted by Gasteiger charge is 2.32. The van der Waals surface area contributed by atoms with Crippen molar-refractivity contribution in [3.63, 3.8) is 0 Å². The van der Waals surface area contributed by atoms with Gasteiger partial charge in [0.25, 0.3) is 0 Å². The molecule has 1 saturated heterocycles. The Balaban J connectivity index is 1.98. The van der Waals surface area contributed by atoms with Gasteiger partial charge in [-0.15, -0.1) is 0 Å². The third-order valence-corrected chi connectivity index (χ3v) is 3.08. The van der Waals surface area contributed by atoms with Crippen LogP contribution in [0.15, 0.2) is 24.3 Å². The maximum Gasteiger partial charge on any atom is 0.414 e.